The lowest BCUT2D eigenvalue weighted by molar-refractivity contribution is 0.0916. The number of aliphatic hydroxyl groups is 1. The Labute approximate surface area is 106 Å². The van der Waals surface area contributed by atoms with E-state index in [0.29, 0.717) is 18.8 Å². The highest BCUT2D eigenvalue weighted by Crippen LogP contribution is 2.20. The molecule has 0 radical (unpaired) electrons. The van der Waals surface area contributed by atoms with Gasteiger partial charge in [0.15, 0.2) is 5.78 Å². The molecule has 0 saturated carbocycles. The van der Waals surface area contributed by atoms with E-state index in [0.717, 1.165) is 0 Å². The van der Waals surface area contributed by atoms with E-state index in [1.807, 2.05) is 6.92 Å². The molecule has 1 rings (SSSR count). The van der Waals surface area contributed by atoms with Crippen molar-refractivity contribution < 1.29 is 19.0 Å². The third-order valence-electron chi connectivity index (χ3n) is 2.69. The molecular weight excluding hydrogens is 237 g/mol. The average Bonchev–Trinajstić information content (AvgIpc) is 2.38. The predicted octanol–water partition coefficient (Wildman–Crippen LogP) is 1.33. The van der Waals surface area contributed by atoms with E-state index in [-0.39, 0.29) is 24.5 Å². The van der Waals surface area contributed by atoms with Crippen molar-refractivity contribution >= 4 is 5.78 Å². The maximum Gasteiger partial charge on any atom is 0.180 e. The number of hydrogen-bond acceptors (Lipinski definition) is 4. The molecule has 4 nitrogen and oxygen atoms in total. The van der Waals surface area contributed by atoms with Crippen LogP contribution in [0.5, 0.6) is 5.75 Å². The van der Waals surface area contributed by atoms with Crippen LogP contribution in [-0.2, 0) is 0 Å². The Bertz CT molecular complexity index is 409. The van der Waals surface area contributed by atoms with Gasteiger partial charge in [-0.2, -0.15) is 0 Å². The van der Waals surface area contributed by atoms with Gasteiger partial charge in [0.25, 0.3) is 0 Å². The summed E-state index contributed by atoms with van der Waals surface area (Å²) in [6.07, 6.45) is 0. The Morgan fingerprint density at radius 2 is 2.22 bits per heavy atom. The van der Waals surface area contributed by atoms with E-state index in [1.54, 1.807) is 4.90 Å². The number of nitrogens with zero attached hydrogens (tertiary/aromatic N) is 1. The third kappa shape index (κ3) is 3.78. The first kappa shape index (κ1) is 14.6. The Morgan fingerprint density at radius 3 is 2.78 bits per heavy atom. The highest BCUT2D eigenvalue weighted by molar-refractivity contribution is 6.00. The fourth-order valence-corrected chi connectivity index (χ4v) is 1.68. The van der Waals surface area contributed by atoms with E-state index in [9.17, 15) is 9.18 Å². The normalized spacial score (nSPS) is 10.7. The van der Waals surface area contributed by atoms with Crippen LogP contribution in [-0.4, -0.2) is 49.1 Å². The first-order valence-corrected chi connectivity index (χ1v) is 5.82. The number of hydrogen-bond donors (Lipinski definition) is 1. The molecule has 0 bridgehead atoms. The summed E-state index contributed by atoms with van der Waals surface area (Å²) in [7, 11) is 1.44. The standard InChI is InChI=1S/C13H18FNO3/c1-3-15(6-7-16)9-12(17)11-8-10(14)4-5-13(11)18-2/h4-5,8,16H,3,6-7,9H2,1-2H3. The van der Waals surface area contributed by atoms with Gasteiger partial charge in [0.2, 0.25) is 0 Å². The number of methoxy groups -OCH3 is 1. The quantitative estimate of drug-likeness (QED) is 0.747. The van der Waals surface area contributed by atoms with Crippen molar-refractivity contribution in [2.45, 2.75) is 6.92 Å². The van der Waals surface area contributed by atoms with Crippen molar-refractivity contribution in [2.75, 3.05) is 33.4 Å². The van der Waals surface area contributed by atoms with Crippen LogP contribution in [0.2, 0.25) is 0 Å². The van der Waals surface area contributed by atoms with Crippen molar-refractivity contribution in [2.24, 2.45) is 0 Å². The number of ketones is 1. The van der Waals surface area contributed by atoms with Gasteiger partial charge in [0.05, 0.1) is 25.8 Å². The first-order valence-electron chi connectivity index (χ1n) is 5.82. The molecule has 0 fully saturated rings. The second-order valence-electron chi connectivity index (χ2n) is 3.86. The number of likely N-dealkylation sites (N-methyl/N-ethyl adjacent to an activating group) is 1. The van der Waals surface area contributed by atoms with Crippen LogP contribution in [0.4, 0.5) is 4.39 Å². The van der Waals surface area contributed by atoms with Crippen LogP contribution >= 0.6 is 0 Å². The molecule has 1 aromatic rings. The van der Waals surface area contributed by atoms with Gasteiger partial charge in [-0.15, -0.1) is 0 Å². The summed E-state index contributed by atoms with van der Waals surface area (Å²) >= 11 is 0. The van der Waals surface area contributed by atoms with Gasteiger partial charge >= 0.3 is 0 Å². The maximum atomic E-state index is 13.1. The predicted molar refractivity (Wildman–Crippen MR) is 66.5 cm³/mol. The molecule has 0 heterocycles. The van der Waals surface area contributed by atoms with E-state index < -0.39 is 5.82 Å². The Morgan fingerprint density at radius 1 is 1.50 bits per heavy atom. The smallest absolute Gasteiger partial charge is 0.180 e. The minimum absolute atomic E-state index is 0.0125. The van der Waals surface area contributed by atoms with Crippen LogP contribution in [0.15, 0.2) is 18.2 Å². The van der Waals surface area contributed by atoms with Crippen molar-refractivity contribution in [3.8, 4) is 5.75 Å². The molecule has 0 amide bonds. The molecule has 0 aliphatic heterocycles. The van der Waals surface area contributed by atoms with Crippen molar-refractivity contribution in [1.82, 2.24) is 4.90 Å². The van der Waals surface area contributed by atoms with Crippen molar-refractivity contribution in [3.05, 3.63) is 29.6 Å². The highest BCUT2D eigenvalue weighted by Gasteiger charge is 2.16. The van der Waals surface area contributed by atoms with Crippen LogP contribution < -0.4 is 4.74 Å². The molecule has 0 unspecified atom stereocenters. The van der Waals surface area contributed by atoms with E-state index in [4.69, 9.17) is 9.84 Å². The molecular formula is C13H18FNO3. The molecule has 0 aromatic heterocycles. The molecule has 0 spiro atoms. The molecule has 0 saturated heterocycles. The lowest BCUT2D eigenvalue weighted by Crippen LogP contribution is -2.32. The molecule has 0 aliphatic rings. The molecule has 1 N–H and O–H groups in total. The van der Waals surface area contributed by atoms with Crippen LogP contribution in [0.25, 0.3) is 0 Å². The molecule has 1 aromatic carbocycles. The number of Topliss-reactive ketones (excluding diaryl/α,β-unsaturated/α-hetero) is 1. The second-order valence-corrected chi connectivity index (χ2v) is 3.86. The summed E-state index contributed by atoms with van der Waals surface area (Å²) in [5, 5.41) is 8.86. The van der Waals surface area contributed by atoms with Crippen LogP contribution in [0.1, 0.15) is 17.3 Å². The van der Waals surface area contributed by atoms with Crippen LogP contribution in [0, 0.1) is 5.82 Å². The summed E-state index contributed by atoms with van der Waals surface area (Å²) in [5.74, 6) is -0.326. The Balaban J connectivity index is 2.85. The second kappa shape index (κ2) is 7.08. The van der Waals surface area contributed by atoms with Gasteiger partial charge in [-0.3, -0.25) is 9.69 Å². The highest BCUT2D eigenvalue weighted by atomic mass is 19.1. The fraction of sp³-hybridized carbons (Fsp3) is 0.462. The summed E-state index contributed by atoms with van der Waals surface area (Å²) in [5.41, 5.74) is 0.230. The van der Waals surface area contributed by atoms with Gasteiger partial charge in [-0.1, -0.05) is 6.92 Å². The van der Waals surface area contributed by atoms with Gasteiger partial charge in [0, 0.05) is 6.54 Å². The minimum atomic E-state index is -0.468. The number of carbonyl (C=O) groups excluding carboxylic acids is 1. The number of rotatable bonds is 7. The third-order valence-corrected chi connectivity index (χ3v) is 2.69. The Kier molecular flexibility index (Phi) is 5.74. The molecule has 0 aliphatic carbocycles. The Hall–Kier alpha value is -1.46. The number of halogens is 1. The lowest BCUT2D eigenvalue weighted by Gasteiger charge is -2.18. The maximum absolute atomic E-state index is 13.1. The molecule has 5 heteroatoms. The number of ether oxygens (including phenoxy) is 1. The molecule has 0 atom stereocenters. The first-order chi connectivity index (χ1) is 8.62. The van der Waals surface area contributed by atoms with Gasteiger partial charge in [-0.05, 0) is 24.7 Å². The molecule has 18 heavy (non-hydrogen) atoms. The van der Waals surface area contributed by atoms with Crippen LogP contribution in [0.3, 0.4) is 0 Å². The minimum Gasteiger partial charge on any atom is -0.496 e. The SMILES string of the molecule is CCN(CCO)CC(=O)c1cc(F)ccc1OC. The van der Waals surface area contributed by atoms with Crippen molar-refractivity contribution in [3.63, 3.8) is 0 Å². The topological polar surface area (TPSA) is 49.8 Å². The average molecular weight is 255 g/mol. The monoisotopic (exact) mass is 255 g/mol. The van der Waals surface area contributed by atoms with Crippen molar-refractivity contribution in [1.29, 1.82) is 0 Å². The van der Waals surface area contributed by atoms with Gasteiger partial charge < -0.3 is 9.84 Å². The van der Waals surface area contributed by atoms with Gasteiger partial charge in [0.1, 0.15) is 11.6 Å². The zero-order valence-electron chi connectivity index (χ0n) is 10.6. The number of aliphatic hydroxyl groups excluding tert-OH is 1. The number of carbonyl (C=O) groups is 1. The summed E-state index contributed by atoms with van der Waals surface area (Å²) in [4.78, 5) is 13.8. The molecule has 100 valence electrons. The van der Waals surface area contributed by atoms with Gasteiger partial charge in [-0.25, -0.2) is 4.39 Å². The fourth-order valence-electron chi connectivity index (χ4n) is 1.68. The summed E-state index contributed by atoms with van der Waals surface area (Å²) in [6, 6.07) is 3.86. The lowest BCUT2D eigenvalue weighted by atomic mass is 10.1. The summed E-state index contributed by atoms with van der Waals surface area (Å²) in [6.45, 7) is 3.08. The van der Waals surface area contributed by atoms with E-state index in [2.05, 4.69) is 0 Å². The largest absolute Gasteiger partial charge is 0.496 e. The van der Waals surface area contributed by atoms with E-state index in [1.165, 1.54) is 25.3 Å². The van der Waals surface area contributed by atoms with E-state index >= 15 is 0 Å². The zero-order valence-corrected chi connectivity index (χ0v) is 10.6. The summed E-state index contributed by atoms with van der Waals surface area (Å²) < 4.78 is 18.2. The zero-order chi connectivity index (χ0) is 13.5. The number of benzene rings is 1.